The Balaban J connectivity index is 1.73. The molecule has 0 fully saturated rings. The molecule has 206 valence electrons. The fourth-order valence-electron chi connectivity index (χ4n) is 5.99. The number of fused-ring (bicyclic) bond motifs is 3. The maximum atomic E-state index is 6.19. The lowest BCUT2D eigenvalue weighted by molar-refractivity contribution is 0.737. The van der Waals surface area contributed by atoms with Gasteiger partial charge in [-0.1, -0.05) is 99.6 Å². The van der Waals surface area contributed by atoms with Gasteiger partial charge in [-0.2, -0.15) is 0 Å². The quantitative estimate of drug-likeness (QED) is 0.118. The lowest BCUT2D eigenvalue weighted by Gasteiger charge is -2.34. The van der Waals surface area contributed by atoms with E-state index in [0.29, 0.717) is 0 Å². The molecule has 1 aliphatic carbocycles. The molecule has 5 rings (SSSR count). The molecule has 0 bridgehead atoms. The first kappa shape index (κ1) is 28.1. The van der Waals surface area contributed by atoms with E-state index in [1.54, 1.807) is 0 Å². The summed E-state index contributed by atoms with van der Waals surface area (Å²) in [5, 5.41) is 0. The Bertz CT molecular complexity index is 1490. The van der Waals surface area contributed by atoms with E-state index in [1.165, 1.54) is 47.9 Å². The summed E-state index contributed by atoms with van der Waals surface area (Å²) in [5.74, 6) is 13.8. The summed E-state index contributed by atoms with van der Waals surface area (Å²) in [6, 6.07) is 30.1. The molecule has 0 aromatic heterocycles. The van der Waals surface area contributed by atoms with Crippen LogP contribution < -0.4 is 11.5 Å². The Morgan fingerprint density at radius 1 is 0.537 bits per heavy atom. The van der Waals surface area contributed by atoms with E-state index >= 15 is 0 Å². The molecule has 0 unspecified atom stereocenters. The van der Waals surface area contributed by atoms with E-state index in [2.05, 4.69) is 98.2 Å². The minimum atomic E-state index is -0.550. The number of rotatable bonds is 8. The van der Waals surface area contributed by atoms with E-state index in [0.717, 1.165) is 59.3 Å². The van der Waals surface area contributed by atoms with Crippen molar-refractivity contribution in [1.82, 2.24) is 0 Å². The number of unbranched alkanes of at least 4 members (excludes halogenated alkanes) is 6. The van der Waals surface area contributed by atoms with Gasteiger partial charge < -0.3 is 11.5 Å². The molecule has 2 heteroatoms. The molecule has 0 radical (unpaired) electrons. The van der Waals surface area contributed by atoms with Crippen LogP contribution in [0.2, 0.25) is 0 Å². The highest BCUT2D eigenvalue weighted by Gasteiger charge is 2.46. The van der Waals surface area contributed by atoms with E-state index in [1.807, 2.05) is 24.3 Å². The average Bonchev–Trinajstić information content (AvgIpc) is 3.27. The van der Waals surface area contributed by atoms with Gasteiger partial charge in [-0.3, -0.25) is 0 Å². The minimum absolute atomic E-state index is 0.550. The van der Waals surface area contributed by atoms with Crippen LogP contribution in [0.25, 0.3) is 11.1 Å². The summed E-state index contributed by atoms with van der Waals surface area (Å²) >= 11 is 0. The van der Waals surface area contributed by atoms with Gasteiger partial charge in [-0.15, -0.1) is 0 Å². The van der Waals surface area contributed by atoms with Crippen molar-refractivity contribution in [3.05, 3.63) is 118 Å². The molecular weight excluding hydrogens is 496 g/mol. The second-order valence-electron chi connectivity index (χ2n) is 11.0. The molecule has 4 N–H and O–H groups in total. The molecule has 2 nitrogen and oxygen atoms in total. The first-order valence-electron chi connectivity index (χ1n) is 15.1. The van der Waals surface area contributed by atoms with Gasteiger partial charge in [0, 0.05) is 35.3 Å². The van der Waals surface area contributed by atoms with Crippen LogP contribution in [0.1, 0.15) is 98.6 Å². The van der Waals surface area contributed by atoms with Crippen LogP contribution in [0.5, 0.6) is 0 Å². The second kappa shape index (κ2) is 12.8. The zero-order valence-corrected chi connectivity index (χ0v) is 24.4. The van der Waals surface area contributed by atoms with Crippen molar-refractivity contribution in [2.45, 2.75) is 70.6 Å². The summed E-state index contributed by atoms with van der Waals surface area (Å²) in [4.78, 5) is 0. The lowest BCUT2D eigenvalue weighted by atomic mass is 9.67. The molecule has 4 aromatic carbocycles. The summed E-state index contributed by atoms with van der Waals surface area (Å²) < 4.78 is 0. The number of anilines is 2. The zero-order valence-electron chi connectivity index (χ0n) is 24.4. The Morgan fingerprint density at radius 3 is 1.34 bits per heavy atom. The monoisotopic (exact) mass is 536 g/mol. The molecule has 0 amide bonds. The third kappa shape index (κ3) is 5.75. The van der Waals surface area contributed by atoms with Gasteiger partial charge in [0.25, 0.3) is 0 Å². The predicted octanol–water partition coefficient (Wildman–Crippen LogP) is 9.08. The van der Waals surface area contributed by atoms with Crippen LogP contribution in [-0.4, -0.2) is 0 Å². The van der Waals surface area contributed by atoms with Crippen molar-refractivity contribution in [1.29, 1.82) is 0 Å². The number of benzene rings is 4. The second-order valence-corrected chi connectivity index (χ2v) is 11.0. The summed E-state index contributed by atoms with van der Waals surface area (Å²) in [6.45, 7) is 4.45. The first-order chi connectivity index (χ1) is 20.1. The standard InChI is InChI=1S/C39H40N2/c1-3-5-7-9-11-13-29-15-25-35-36-26-16-30(14-12-10-8-6-4-2)28-38(36)39(37(35)27-29,31-17-21-33(40)22-18-31)32-19-23-34(41)24-20-32/h15-28H,3-10,40-41H2,1-2H3. The highest BCUT2D eigenvalue weighted by atomic mass is 14.6. The molecule has 1 aliphatic rings. The average molecular weight is 537 g/mol. The third-order valence-corrected chi connectivity index (χ3v) is 8.10. The van der Waals surface area contributed by atoms with Crippen molar-refractivity contribution in [3.63, 3.8) is 0 Å². The van der Waals surface area contributed by atoms with E-state index in [9.17, 15) is 0 Å². The van der Waals surface area contributed by atoms with Crippen molar-refractivity contribution >= 4 is 11.4 Å². The van der Waals surface area contributed by atoms with Crippen LogP contribution in [0.15, 0.2) is 84.9 Å². The van der Waals surface area contributed by atoms with E-state index in [-0.39, 0.29) is 0 Å². The van der Waals surface area contributed by atoms with Crippen molar-refractivity contribution in [2.24, 2.45) is 0 Å². The molecule has 4 aromatic rings. The summed E-state index contributed by atoms with van der Waals surface area (Å²) in [7, 11) is 0. The van der Waals surface area contributed by atoms with Crippen LogP contribution in [0.4, 0.5) is 11.4 Å². The van der Waals surface area contributed by atoms with Crippen LogP contribution in [-0.2, 0) is 5.41 Å². The van der Waals surface area contributed by atoms with Gasteiger partial charge in [0.15, 0.2) is 0 Å². The van der Waals surface area contributed by atoms with Crippen molar-refractivity contribution in [3.8, 4) is 34.8 Å². The highest BCUT2D eigenvalue weighted by molar-refractivity contribution is 5.87. The fourth-order valence-corrected chi connectivity index (χ4v) is 5.99. The molecule has 0 aliphatic heterocycles. The maximum absolute atomic E-state index is 6.19. The molecule has 0 heterocycles. The molecule has 0 atom stereocenters. The number of nitrogens with two attached hydrogens (primary N) is 2. The molecular formula is C39H40N2. The first-order valence-corrected chi connectivity index (χ1v) is 15.1. The fraction of sp³-hybridized carbons (Fsp3) is 0.282. The van der Waals surface area contributed by atoms with Crippen molar-refractivity contribution < 1.29 is 0 Å². The van der Waals surface area contributed by atoms with Gasteiger partial charge in [0.05, 0.1) is 5.41 Å². The largest absolute Gasteiger partial charge is 0.399 e. The Labute approximate surface area is 246 Å². The van der Waals surface area contributed by atoms with Gasteiger partial charge in [0.1, 0.15) is 0 Å². The number of hydrogen-bond donors (Lipinski definition) is 2. The number of nitrogen functional groups attached to an aromatic ring is 2. The molecule has 41 heavy (non-hydrogen) atoms. The van der Waals surface area contributed by atoms with E-state index < -0.39 is 5.41 Å². The van der Waals surface area contributed by atoms with Gasteiger partial charge >= 0.3 is 0 Å². The smallest absolute Gasteiger partial charge is 0.0714 e. The topological polar surface area (TPSA) is 52.0 Å². The Hall–Kier alpha value is -4.40. The van der Waals surface area contributed by atoms with Gasteiger partial charge in [0.2, 0.25) is 0 Å². The highest BCUT2D eigenvalue weighted by Crippen LogP contribution is 2.56. The van der Waals surface area contributed by atoms with Crippen LogP contribution >= 0.6 is 0 Å². The normalized spacial score (nSPS) is 12.4. The minimum Gasteiger partial charge on any atom is -0.399 e. The predicted molar refractivity (Wildman–Crippen MR) is 175 cm³/mol. The SMILES string of the molecule is CCCCCC#Cc1ccc2c(c1)C(c1ccc(N)cc1)(c1ccc(N)cc1)c1cc(C#CCCCCC)ccc1-2. The Morgan fingerprint density at radius 2 is 0.951 bits per heavy atom. The lowest BCUT2D eigenvalue weighted by Crippen LogP contribution is -2.28. The van der Waals surface area contributed by atoms with Gasteiger partial charge in [-0.25, -0.2) is 0 Å². The number of hydrogen-bond acceptors (Lipinski definition) is 2. The van der Waals surface area contributed by atoms with E-state index in [4.69, 9.17) is 11.5 Å². The van der Waals surface area contributed by atoms with Crippen molar-refractivity contribution in [2.75, 3.05) is 11.5 Å². The van der Waals surface area contributed by atoms with Crippen LogP contribution in [0.3, 0.4) is 0 Å². The zero-order chi connectivity index (χ0) is 28.7. The molecule has 0 saturated heterocycles. The Kier molecular flexibility index (Phi) is 8.82. The van der Waals surface area contributed by atoms with Crippen LogP contribution in [0, 0.1) is 23.7 Å². The molecule has 0 saturated carbocycles. The third-order valence-electron chi connectivity index (χ3n) is 8.10. The maximum Gasteiger partial charge on any atom is 0.0714 e. The molecule has 0 spiro atoms. The summed E-state index contributed by atoms with van der Waals surface area (Å²) in [5.41, 5.74) is 22.7. The summed E-state index contributed by atoms with van der Waals surface area (Å²) in [6.07, 6.45) is 8.97. The van der Waals surface area contributed by atoms with Gasteiger partial charge in [-0.05, 0) is 94.8 Å².